The second kappa shape index (κ2) is 14.6. The Labute approximate surface area is 251 Å². The van der Waals surface area contributed by atoms with Crippen LogP contribution in [0.25, 0.3) is 11.1 Å². The van der Waals surface area contributed by atoms with Gasteiger partial charge in [0.1, 0.15) is 16.7 Å². The van der Waals surface area contributed by atoms with Gasteiger partial charge in [0.25, 0.3) is 5.91 Å². The van der Waals surface area contributed by atoms with Gasteiger partial charge in [-0.3, -0.25) is 19.4 Å². The number of ether oxygens (including phenoxy) is 1. The molecule has 0 spiro atoms. The van der Waals surface area contributed by atoms with E-state index in [-0.39, 0.29) is 43.6 Å². The first-order valence-electron chi connectivity index (χ1n) is 12.7. The highest BCUT2D eigenvalue weighted by Crippen LogP contribution is 2.28. The highest BCUT2D eigenvalue weighted by atomic mass is 35.5. The van der Waals surface area contributed by atoms with Crippen molar-refractivity contribution in [2.24, 2.45) is 0 Å². The van der Waals surface area contributed by atoms with Gasteiger partial charge in [-0.15, -0.1) is 23.2 Å². The molecule has 3 rings (SSSR count). The number of aromatic nitrogens is 5. The summed E-state index contributed by atoms with van der Waals surface area (Å²) in [4.78, 5) is 40.0. The van der Waals surface area contributed by atoms with Crippen LogP contribution in [0.15, 0.2) is 18.3 Å². The number of nitrogens with zero attached hydrogens (tertiary/aromatic N) is 4. The largest absolute Gasteiger partial charge is 0.490 e. The van der Waals surface area contributed by atoms with Crippen molar-refractivity contribution >= 4 is 46.8 Å². The van der Waals surface area contributed by atoms with Crippen molar-refractivity contribution in [1.82, 2.24) is 30.3 Å². The molecule has 18 heteroatoms. The number of aromatic amines is 1. The van der Waals surface area contributed by atoms with Gasteiger partial charge < -0.3 is 15.4 Å². The number of rotatable bonds is 13. The molecule has 0 aliphatic heterocycles. The summed E-state index contributed by atoms with van der Waals surface area (Å²) in [6.07, 6.45) is -4.21. The van der Waals surface area contributed by atoms with Gasteiger partial charge >= 0.3 is 12.1 Å². The Morgan fingerprint density at radius 3 is 2.44 bits per heavy atom. The molecule has 0 saturated heterocycles. The average Bonchev–Trinajstić information content (AvgIpc) is 3.45. The maximum atomic E-state index is 14.9. The highest BCUT2D eigenvalue weighted by Gasteiger charge is 2.40. The predicted molar refractivity (Wildman–Crippen MR) is 144 cm³/mol. The van der Waals surface area contributed by atoms with E-state index in [1.807, 2.05) is 0 Å². The normalized spacial score (nSPS) is 12.3. The fourth-order valence-electron chi connectivity index (χ4n) is 4.04. The minimum Gasteiger partial charge on any atom is -0.459 e. The predicted octanol–water partition coefficient (Wildman–Crippen LogP) is 4.77. The van der Waals surface area contributed by atoms with Crippen LogP contribution in [0.1, 0.15) is 47.6 Å². The fourth-order valence-corrected chi connectivity index (χ4v) is 4.35. The lowest BCUT2D eigenvalue weighted by molar-refractivity contribution is -0.199. The molecule has 3 N–H and O–H groups in total. The number of aryl methyl sites for hydroxylation is 3. The number of alkyl halides is 5. The topological polar surface area (TPSA) is 144 Å². The van der Waals surface area contributed by atoms with E-state index < -0.39 is 58.9 Å². The summed E-state index contributed by atoms with van der Waals surface area (Å²) in [5, 5.41) is 15.3. The number of pyridine rings is 1. The maximum absolute atomic E-state index is 14.9. The lowest BCUT2D eigenvalue weighted by Gasteiger charge is -2.19. The summed E-state index contributed by atoms with van der Waals surface area (Å²) in [6.45, 7) is 2.43. The molecule has 0 unspecified atom stereocenters. The molecule has 0 saturated carbocycles. The Balaban J connectivity index is 1.72. The first kappa shape index (κ1) is 33.7. The van der Waals surface area contributed by atoms with Crippen LogP contribution in [0.4, 0.5) is 27.8 Å². The van der Waals surface area contributed by atoms with Crippen molar-refractivity contribution in [2.75, 3.05) is 11.9 Å². The zero-order chi connectivity index (χ0) is 31.9. The third-order valence-electron chi connectivity index (χ3n) is 6.02. The highest BCUT2D eigenvalue weighted by molar-refractivity contribution is 6.44. The van der Waals surface area contributed by atoms with Crippen LogP contribution in [0.2, 0.25) is 0 Å². The number of amides is 2. The zero-order valence-corrected chi connectivity index (χ0v) is 24.2. The standard InChI is InChI=1S/C25H26Cl2F5N7O4/c1-12-19(13(2)38-37-12)14-7-8-18(35-21(14)29)36-22(40)16(5-3-6-17(26)27)34-23(41)20-15(28)11-33-39(20)9-4-10-43-24(42)25(30,31)32/h7-8,11,16-17H,3-6,9-10H2,1-2H3,(H,34,41)(H,37,38)(H,35,36,40)/t16-/m0/s1. The van der Waals surface area contributed by atoms with Gasteiger partial charge in [-0.25, -0.2) is 14.2 Å². The molecule has 0 radical (unpaired) electrons. The number of hydrogen-bond acceptors (Lipinski definition) is 7. The van der Waals surface area contributed by atoms with Crippen molar-refractivity contribution in [3.05, 3.63) is 47.2 Å². The van der Waals surface area contributed by atoms with Crippen LogP contribution in [-0.4, -0.2) is 66.4 Å². The molecule has 2 amide bonds. The minimum absolute atomic E-state index is 0.00929. The number of carbonyl (C=O) groups excluding carboxylic acids is 3. The second-order valence-electron chi connectivity index (χ2n) is 9.23. The van der Waals surface area contributed by atoms with E-state index in [1.54, 1.807) is 13.8 Å². The Kier molecular flexibility index (Phi) is 11.4. The summed E-state index contributed by atoms with van der Waals surface area (Å²) in [7, 11) is 0. The van der Waals surface area contributed by atoms with E-state index in [0.29, 0.717) is 23.1 Å². The van der Waals surface area contributed by atoms with Crippen LogP contribution in [-0.2, 0) is 20.9 Å². The van der Waals surface area contributed by atoms with Crippen LogP contribution >= 0.6 is 23.2 Å². The number of H-pyrrole nitrogens is 1. The molecule has 11 nitrogen and oxygen atoms in total. The second-order valence-corrected chi connectivity index (χ2v) is 10.5. The van der Waals surface area contributed by atoms with Crippen LogP contribution in [0.3, 0.4) is 0 Å². The molecular weight excluding hydrogens is 628 g/mol. The summed E-state index contributed by atoms with van der Waals surface area (Å²) in [6, 6.07) is 1.47. The molecule has 0 aromatic carbocycles. The van der Waals surface area contributed by atoms with E-state index >= 15 is 0 Å². The summed E-state index contributed by atoms with van der Waals surface area (Å²) in [5.74, 6) is -6.40. The Morgan fingerprint density at radius 2 is 1.84 bits per heavy atom. The van der Waals surface area contributed by atoms with Crippen LogP contribution in [0.5, 0.6) is 0 Å². The smallest absolute Gasteiger partial charge is 0.459 e. The van der Waals surface area contributed by atoms with Crippen molar-refractivity contribution < 1.29 is 41.1 Å². The molecule has 3 heterocycles. The lowest BCUT2D eigenvalue weighted by atomic mass is 10.1. The number of hydrogen-bond donors (Lipinski definition) is 3. The van der Waals surface area contributed by atoms with E-state index in [4.69, 9.17) is 23.2 Å². The van der Waals surface area contributed by atoms with Gasteiger partial charge in [0.15, 0.2) is 11.5 Å². The summed E-state index contributed by atoms with van der Waals surface area (Å²) >= 11 is 11.5. The van der Waals surface area contributed by atoms with E-state index in [2.05, 4.69) is 35.7 Å². The molecule has 3 aromatic rings. The zero-order valence-electron chi connectivity index (χ0n) is 22.7. The molecule has 0 bridgehead atoms. The van der Waals surface area contributed by atoms with Crippen molar-refractivity contribution in [3.63, 3.8) is 0 Å². The average molecular weight is 654 g/mol. The Bertz CT molecular complexity index is 1440. The van der Waals surface area contributed by atoms with E-state index in [1.165, 1.54) is 12.1 Å². The molecule has 0 aliphatic rings. The summed E-state index contributed by atoms with van der Waals surface area (Å²) in [5.41, 5.74) is 1.21. The van der Waals surface area contributed by atoms with Crippen LogP contribution < -0.4 is 10.6 Å². The van der Waals surface area contributed by atoms with Crippen molar-refractivity contribution in [2.45, 2.75) is 63.1 Å². The van der Waals surface area contributed by atoms with E-state index in [0.717, 1.165) is 4.68 Å². The first-order chi connectivity index (χ1) is 20.2. The molecule has 234 valence electrons. The third-order valence-corrected chi connectivity index (χ3v) is 6.46. The first-order valence-corrected chi connectivity index (χ1v) is 13.6. The maximum Gasteiger partial charge on any atom is 0.490 e. The lowest BCUT2D eigenvalue weighted by Crippen LogP contribution is -2.44. The van der Waals surface area contributed by atoms with Crippen molar-refractivity contribution in [1.29, 1.82) is 0 Å². The van der Waals surface area contributed by atoms with Gasteiger partial charge in [0.2, 0.25) is 11.9 Å². The molecular formula is C25H26Cl2F5N7O4. The van der Waals surface area contributed by atoms with Crippen molar-refractivity contribution in [3.8, 4) is 11.1 Å². The van der Waals surface area contributed by atoms with E-state index in [9.17, 15) is 36.3 Å². The Morgan fingerprint density at radius 1 is 1.12 bits per heavy atom. The number of carbonyl (C=O) groups is 3. The number of nitrogens with one attached hydrogen (secondary N) is 3. The third kappa shape index (κ3) is 9.10. The molecule has 0 fully saturated rings. The van der Waals surface area contributed by atoms with Gasteiger partial charge in [0, 0.05) is 29.8 Å². The SMILES string of the molecule is Cc1n[nH]c(C)c1-c1ccc(NC(=O)[C@H](CCCC(Cl)Cl)NC(=O)c2c(F)cnn2CCCOC(=O)C(F)(F)F)nc1F. The van der Waals surface area contributed by atoms with Gasteiger partial charge in [-0.1, -0.05) is 0 Å². The monoisotopic (exact) mass is 653 g/mol. The molecule has 3 aromatic heterocycles. The number of halogens is 7. The molecule has 1 atom stereocenters. The Hall–Kier alpha value is -3.79. The minimum atomic E-state index is -5.17. The fraction of sp³-hybridized carbons (Fsp3) is 0.440. The van der Waals surface area contributed by atoms with Gasteiger partial charge in [-0.2, -0.15) is 27.8 Å². The molecule has 0 aliphatic carbocycles. The van der Waals surface area contributed by atoms with Crippen LogP contribution in [0, 0.1) is 25.6 Å². The van der Waals surface area contributed by atoms with Gasteiger partial charge in [-0.05, 0) is 45.2 Å². The van der Waals surface area contributed by atoms with Gasteiger partial charge in [0.05, 0.1) is 18.5 Å². The molecule has 43 heavy (non-hydrogen) atoms. The summed E-state index contributed by atoms with van der Waals surface area (Å²) < 4.78 is 71.2. The number of esters is 1. The number of anilines is 1. The quantitative estimate of drug-likeness (QED) is 0.0792.